The molecule has 0 saturated heterocycles. The third-order valence-electron chi connectivity index (χ3n) is 3.42. The van der Waals surface area contributed by atoms with E-state index in [1.807, 2.05) is 36.7 Å². The molecular formula is C16H16N2O2S. The van der Waals surface area contributed by atoms with Crippen LogP contribution < -0.4 is 10.1 Å². The Kier molecular flexibility index (Phi) is 3.66. The Balaban J connectivity index is 1.83. The summed E-state index contributed by atoms with van der Waals surface area (Å²) in [5, 5.41) is 13.5. The first-order chi connectivity index (χ1) is 10.2. The van der Waals surface area contributed by atoms with Gasteiger partial charge in [0.15, 0.2) is 0 Å². The van der Waals surface area contributed by atoms with E-state index in [4.69, 9.17) is 4.74 Å². The van der Waals surface area contributed by atoms with Crippen LogP contribution in [0.1, 0.15) is 18.5 Å². The normalized spacial score (nSPS) is 12.3. The third kappa shape index (κ3) is 2.78. The highest BCUT2D eigenvalue weighted by molar-refractivity contribution is 7.16. The fourth-order valence-corrected chi connectivity index (χ4v) is 3.01. The molecule has 5 heteroatoms. The van der Waals surface area contributed by atoms with E-state index in [1.165, 1.54) is 0 Å². The van der Waals surface area contributed by atoms with Crippen molar-refractivity contribution in [2.45, 2.75) is 13.0 Å². The minimum Gasteiger partial charge on any atom is -0.507 e. The first-order valence-corrected chi connectivity index (χ1v) is 7.52. The van der Waals surface area contributed by atoms with Gasteiger partial charge in [0.25, 0.3) is 0 Å². The highest BCUT2D eigenvalue weighted by Crippen LogP contribution is 2.31. The number of rotatable bonds is 4. The van der Waals surface area contributed by atoms with Crippen molar-refractivity contribution in [3.05, 3.63) is 47.5 Å². The van der Waals surface area contributed by atoms with E-state index in [2.05, 4.69) is 16.4 Å². The number of ether oxygens (including phenoxy) is 1. The summed E-state index contributed by atoms with van der Waals surface area (Å²) < 4.78 is 6.25. The SMILES string of the molecule is COc1ccc(C(C)Nc2ccc3ncsc3c2)c(O)c1. The molecule has 0 aliphatic heterocycles. The molecular weight excluding hydrogens is 284 g/mol. The highest BCUT2D eigenvalue weighted by atomic mass is 32.1. The topological polar surface area (TPSA) is 54.4 Å². The number of methoxy groups -OCH3 is 1. The Morgan fingerprint density at radius 3 is 2.86 bits per heavy atom. The molecule has 108 valence electrons. The van der Waals surface area contributed by atoms with Gasteiger partial charge < -0.3 is 15.2 Å². The Labute approximate surface area is 127 Å². The summed E-state index contributed by atoms with van der Waals surface area (Å²) in [6.07, 6.45) is 0. The quantitative estimate of drug-likeness (QED) is 0.759. The standard InChI is InChI=1S/C16H16N2O2S/c1-10(13-5-4-12(20-2)8-15(13)19)18-11-3-6-14-16(7-11)21-9-17-14/h3-10,18-19H,1-2H3. The van der Waals surface area contributed by atoms with Gasteiger partial charge in [-0.05, 0) is 37.3 Å². The van der Waals surface area contributed by atoms with Crippen LogP contribution in [0.5, 0.6) is 11.5 Å². The van der Waals surface area contributed by atoms with Crippen LogP contribution in [0.4, 0.5) is 5.69 Å². The molecule has 0 amide bonds. The summed E-state index contributed by atoms with van der Waals surface area (Å²) in [7, 11) is 1.58. The maximum Gasteiger partial charge on any atom is 0.124 e. The molecule has 2 N–H and O–H groups in total. The van der Waals surface area contributed by atoms with Crippen molar-refractivity contribution in [1.82, 2.24) is 4.98 Å². The largest absolute Gasteiger partial charge is 0.507 e. The fraction of sp³-hybridized carbons (Fsp3) is 0.188. The van der Waals surface area contributed by atoms with E-state index in [0.29, 0.717) is 5.75 Å². The minimum atomic E-state index is -0.0127. The molecule has 1 aromatic heterocycles. The molecule has 1 heterocycles. The number of phenols is 1. The van der Waals surface area contributed by atoms with Crippen molar-refractivity contribution in [1.29, 1.82) is 0 Å². The van der Waals surface area contributed by atoms with Crippen LogP contribution in [-0.4, -0.2) is 17.2 Å². The molecule has 1 atom stereocenters. The first-order valence-electron chi connectivity index (χ1n) is 6.64. The third-order valence-corrected chi connectivity index (χ3v) is 4.21. The second kappa shape index (κ2) is 5.61. The number of anilines is 1. The van der Waals surface area contributed by atoms with E-state index in [9.17, 15) is 5.11 Å². The summed E-state index contributed by atoms with van der Waals surface area (Å²) in [5.41, 5.74) is 4.69. The monoisotopic (exact) mass is 300 g/mol. The number of nitrogens with zero attached hydrogens (tertiary/aromatic N) is 1. The van der Waals surface area contributed by atoms with Crippen LogP contribution >= 0.6 is 11.3 Å². The molecule has 21 heavy (non-hydrogen) atoms. The van der Waals surface area contributed by atoms with Crippen molar-refractivity contribution in [3.8, 4) is 11.5 Å². The lowest BCUT2D eigenvalue weighted by Crippen LogP contribution is -2.06. The number of nitrogens with one attached hydrogen (secondary N) is 1. The molecule has 0 aliphatic rings. The van der Waals surface area contributed by atoms with E-state index in [1.54, 1.807) is 24.5 Å². The number of hydrogen-bond donors (Lipinski definition) is 2. The Hall–Kier alpha value is -2.27. The van der Waals surface area contributed by atoms with Gasteiger partial charge in [-0.3, -0.25) is 0 Å². The second-order valence-corrected chi connectivity index (χ2v) is 5.71. The van der Waals surface area contributed by atoms with E-state index in [0.717, 1.165) is 21.5 Å². The van der Waals surface area contributed by atoms with Crippen LogP contribution in [0.3, 0.4) is 0 Å². The van der Waals surface area contributed by atoms with Crippen LogP contribution in [-0.2, 0) is 0 Å². The van der Waals surface area contributed by atoms with Gasteiger partial charge in [-0.2, -0.15) is 0 Å². The Morgan fingerprint density at radius 1 is 1.24 bits per heavy atom. The van der Waals surface area contributed by atoms with Crippen LogP contribution in [0.15, 0.2) is 41.9 Å². The van der Waals surface area contributed by atoms with Gasteiger partial charge in [-0.1, -0.05) is 0 Å². The Bertz CT molecular complexity index is 770. The van der Waals surface area contributed by atoms with Crippen molar-refractivity contribution in [2.75, 3.05) is 12.4 Å². The molecule has 0 fully saturated rings. The molecule has 0 aliphatic carbocycles. The molecule has 3 rings (SSSR count). The van der Waals surface area contributed by atoms with E-state index >= 15 is 0 Å². The lowest BCUT2D eigenvalue weighted by molar-refractivity contribution is 0.406. The molecule has 1 unspecified atom stereocenters. The fourth-order valence-electron chi connectivity index (χ4n) is 2.29. The van der Waals surface area contributed by atoms with E-state index in [-0.39, 0.29) is 11.8 Å². The van der Waals surface area contributed by atoms with Gasteiger partial charge in [0, 0.05) is 17.3 Å². The molecule has 0 bridgehead atoms. The number of phenolic OH excluding ortho intramolecular Hbond substituents is 1. The van der Waals surface area contributed by atoms with Crippen molar-refractivity contribution >= 4 is 27.2 Å². The smallest absolute Gasteiger partial charge is 0.124 e. The van der Waals surface area contributed by atoms with Crippen LogP contribution in [0.25, 0.3) is 10.2 Å². The molecule has 2 aromatic carbocycles. The summed E-state index contributed by atoms with van der Waals surface area (Å²) in [6, 6.07) is 11.4. The van der Waals surface area contributed by atoms with Gasteiger partial charge in [0.2, 0.25) is 0 Å². The zero-order valence-electron chi connectivity index (χ0n) is 11.8. The lowest BCUT2D eigenvalue weighted by atomic mass is 10.1. The zero-order valence-corrected chi connectivity index (χ0v) is 12.6. The number of aromatic hydroxyl groups is 1. The highest BCUT2D eigenvalue weighted by Gasteiger charge is 2.11. The lowest BCUT2D eigenvalue weighted by Gasteiger charge is -2.17. The zero-order chi connectivity index (χ0) is 14.8. The number of hydrogen-bond acceptors (Lipinski definition) is 5. The maximum absolute atomic E-state index is 10.1. The van der Waals surface area contributed by atoms with Crippen LogP contribution in [0, 0.1) is 0 Å². The summed E-state index contributed by atoms with van der Waals surface area (Å²) in [6.45, 7) is 2.01. The minimum absolute atomic E-state index is 0.0127. The molecule has 3 aromatic rings. The average molecular weight is 300 g/mol. The number of thiazole rings is 1. The number of aromatic nitrogens is 1. The predicted molar refractivity (Wildman–Crippen MR) is 86.3 cm³/mol. The number of fused-ring (bicyclic) bond motifs is 1. The van der Waals surface area contributed by atoms with Crippen molar-refractivity contribution in [3.63, 3.8) is 0 Å². The molecule has 0 saturated carbocycles. The summed E-state index contributed by atoms with van der Waals surface area (Å²) in [5.74, 6) is 0.878. The van der Waals surface area contributed by atoms with Gasteiger partial charge in [0.05, 0.1) is 28.9 Å². The molecule has 4 nitrogen and oxygen atoms in total. The van der Waals surface area contributed by atoms with Crippen molar-refractivity contribution in [2.24, 2.45) is 0 Å². The maximum atomic E-state index is 10.1. The average Bonchev–Trinajstić information content (AvgIpc) is 2.94. The van der Waals surface area contributed by atoms with Crippen LogP contribution in [0.2, 0.25) is 0 Å². The summed E-state index contributed by atoms with van der Waals surface area (Å²) >= 11 is 1.62. The van der Waals surface area contributed by atoms with E-state index < -0.39 is 0 Å². The molecule has 0 radical (unpaired) electrons. The van der Waals surface area contributed by atoms with Gasteiger partial charge in [-0.15, -0.1) is 11.3 Å². The second-order valence-electron chi connectivity index (χ2n) is 4.83. The first kappa shape index (κ1) is 13.7. The predicted octanol–water partition coefficient (Wildman–Crippen LogP) is 4.18. The van der Waals surface area contributed by atoms with Gasteiger partial charge >= 0.3 is 0 Å². The summed E-state index contributed by atoms with van der Waals surface area (Å²) in [4.78, 5) is 4.27. The van der Waals surface area contributed by atoms with Gasteiger partial charge in [-0.25, -0.2) is 4.98 Å². The number of benzene rings is 2. The van der Waals surface area contributed by atoms with Crippen molar-refractivity contribution < 1.29 is 9.84 Å². The Morgan fingerprint density at radius 2 is 2.10 bits per heavy atom. The molecule has 0 spiro atoms. The van der Waals surface area contributed by atoms with Gasteiger partial charge in [0.1, 0.15) is 11.5 Å².